The Bertz CT molecular complexity index is 936. The van der Waals surface area contributed by atoms with Gasteiger partial charge in [-0.25, -0.2) is 0 Å². The van der Waals surface area contributed by atoms with Crippen LogP contribution in [0.1, 0.15) is 48.3 Å². The molecule has 3 heteroatoms. The van der Waals surface area contributed by atoms with E-state index in [1.807, 2.05) is 13.1 Å². The number of benzene rings is 1. The van der Waals surface area contributed by atoms with Crippen molar-refractivity contribution in [3.8, 4) is 0 Å². The molecule has 3 aromatic rings. The Balaban J connectivity index is 1.69. The largest absolute Gasteiger partial charge is 0.344 e. The molecule has 0 radical (unpaired) electrons. The molecule has 1 aliphatic heterocycles. The average molecular weight is 362 g/mol. The summed E-state index contributed by atoms with van der Waals surface area (Å²) in [5, 5.41) is 1.46. The molecule has 27 heavy (non-hydrogen) atoms. The van der Waals surface area contributed by atoms with E-state index in [9.17, 15) is 0 Å². The zero-order chi connectivity index (χ0) is 19.0. The van der Waals surface area contributed by atoms with Crippen LogP contribution in [-0.2, 0) is 25.9 Å². The molecule has 1 aromatic carbocycles. The van der Waals surface area contributed by atoms with Gasteiger partial charge in [-0.15, -0.1) is 0 Å². The number of hydrogen-bond acceptors (Lipinski definition) is 2. The van der Waals surface area contributed by atoms with Crippen molar-refractivity contribution in [2.45, 2.75) is 66.1 Å². The Morgan fingerprint density at radius 2 is 2.00 bits per heavy atom. The van der Waals surface area contributed by atoms with Gasteiger partial charge < -0.3 is 4.57 Å². The van der Waals surface area contributed by atoms with Crippen molar-refractivity contribution in [2.24, 2.45) is 0 Å². The maximum Gasteiger partial charge on any atom is 0.0486 e. The van der Waals surface area contributed by atoms with E-state index in [1.165, 1.54) is 35.0 Å². The van der Waals surface area contributed by atoms with Gasteiger partial charge in [0.1, 0.15) is 0 Å². The normalized spacial score (nSPS) is 15.9. The predicted molar refractivity (Wildman–Crippen MR) is 113 cm³/mol. The van der Waals surface area contributed by atoms with Gasteiger partial charge in [-0.1, -0.05) is 24.6 Å². The lowest BCUT2D eigenvalue weighted by Gasteiger charge is -2.32. The molecule has 1 aliphatic rings. The fourth-order valence-corrected chi connectivity index (χ4v) is 4.36. The van der Waals surface area contributed by atoms with Crippen molar-refractivity contribution >= 4 is 10.9 Å². The molecule has 1 atom stereocenters. The molecule has 0 amide bonds. The van der Waals surface area contributed by atoms with E-state index < -0.39 is 0 Å². The number of nitrogens with zero attached hydrogens (tertiary/aromatic N) is 3. The summed E-state index contributed by atoms with van der Waals surface area (Å²) in [6.07, 6.45) is 5.43. The van der Waals surface area contributed by atoms with E-state index in [0.29, 0.717) is 6.04 Å². The van der Waals surface area contributed by atoms with Crippen LogP contribution in [0.5, 0.6) is 0 Å². The van der Waals surface area contributed by atoms with Gasteiger partial charge in [-0.2, -0.15) is 0 Å². The average Bonchev–Trinajstić information content (AvgIpc) is 2.99. The Hall–Kier alpha value is -2.13. The first kappa shape index (κ1) is 18.2. The third kappa shape index (κ3) is 3.53. The second-order valence-electron chi connectivity index (χ2n) is 8.13. The first-order valence-corrected chi connectivity index (χ1v) is 10.3. The molecule has 142 valence electrons. The predicted octanol–water partition coefficient (Wildman–Crippen LogP) is 5.05. The minimum Gasteiger partial charge on any atom is -0.344 e. The molecular weight excluding hydrogens is 330 g/mol. The van der Waals surface area contributed by atoms with E-state index >= 15 is 0 Å². The summed E-state index contributed by atoms with van der Waals surface area (Å²) in [4.78, 5) is 7.11. The summed E-state index contributed by atoms with van der Waals surface area (Å²) in [6, 6.07) is 12.0. The third-order valence-electron chi connectivity index (χ3n) is 6.25. The van der Waals surface area contributed by atoms with E-state index in [4.69, 9.17) is 0 Å². The standard InChI is InChI=1S/C24H31N3/c1-5-19(4)26-12-11-24-22(16-26)21-14-17(2)6-9-23(21)27(24)13-10-20-8-7-18(3)25-15-20/h6-9,14-15,19H,5,10-13,16H2,1-4H3. The second-order valence-corrected chi connectivity index (χ2v) is 8.13. The van der Waals surface area contributed by atoms with Gasteiger partial charge >= 0.3 is 0 Å². The van der Waals surface area contributed by atoms with Crippen molar-refractivity contribution in [3.63, 3.8) is 0 Å². The van der Waals surface area contributed by atoms with Crippen LogP contribution >= 0.6 is 0 Å². The molecule has 0 spiro atoms. The van der Waals surface area contributed by atoms with Crippen molar-refractivity contribution < 1.29 is 0 Å². The number of pyridine rings is 1. The number of rotatable bonds is 5. The second kappa shape index (κ2) is 7.47. The lowest BCUT2D eigenvalue weighted by atomic mass is 10.0. The quantitative estimate of drug-likeness (QED) is 0.634. The lowest BCUT2D eigenvalue weighted by molar-refractivity contribution is 0.185. The molecule has 0 saturated carbocycles. The summed E-state index contributed by atoms with van der Waals surface area (Å²) in [6.45, 7) is 12.2. The molecule has 0 bridgehead atoms. The Kier molecular flexibility index (Phi) is 5.05. The summed E-state index contributed by atoms with van der Waals surface area (Å²) in [5.74, 6) is 0. The fraction of sp³-hybridized carbons (Fsp3) is 0.458. The zero-order valence-corrected chi connectivity index (χ0v) is 17.1. The molecular formula is C24H31N3. The highest BCUT2D eigenvalue weighted by Crippen LogP contribution is 2.33. The van der Waals surface area contributed by atoms with Crippen LogP contribution in [0.15, 0.2) is 36.5 Å². The number of hydrogen-bond donors (Lipinski definition) is 0. The molecule has 1 unspecified atom stereocenters. The van der Waals surface area contributed by atoms with Gasteiger partial charge in [0.25, 0.3) is 0 Å². The number of fused-ring (bicyclic) bond motifs is 3. The van der Waals surface area contributed by atoms with E-state index in [0.717, 1.165) is 31.6 Å². The summed E-state index contributed by atoms with van der Waals surface area (Å²) in [7, 11) is 0. The lowest BCUT2D eigenvalue weighted by Crippen LogP contribution is -2.37. The molecule has 0 aliphatic carbocycles. The van der Waals surface area contributed by atoms with Gasteiger partial charge in [0.05, 0.1) is 0 Å². The maximum absolute atomic E-state index is 4.46. The van der Waals surface area contributed by atoms with Crippen molar-refractivity contribution in [1.82, 2.24) is 14.5 Å². The van der Waals surface area contributed by atoms with Crippen molar-refractivity contribution in [3.05, 3.63) is 64.6 Å². The van der Waals surface area contributed by atoms with Crippen LogP contribution in [0.3, 0.4) is 0 Å². The van der Waals surface area contributed by atoms with Crippen LogP contribution in [0.2, 0.25) is 0 Å². The fourth-order valence-electron chi connectivity index (χ4n) is 4.36. The maximum atomic E-state index is 4.46. The Morgan fingerprint density at radius 1 is 1.15 bits per heavy atom. The van der Waals surface area contributed by atoms with Crippen LogP contribution < -0.4 is 0 Å². The van der Waals surface area contributed by atoms with Gasteiger partial charge in [-0.05, 0) is 62.9 Å². The minimum absolute atomic E-state index is 0.653. The molecule has 4 rings (SSSR count). The number of aromatic nitrogens is 2. The first-order chi connectivity index (χ1) is 13.1. The van der Waals surface area contributed by atoms with Crippen molar-refractivity contribution in [1.29, 1.82) is 0 Å². The summed E-state index contributed by atoms with van der Waals surface area (Å²) in [5.41, 5.74) is 8.27. The molecule has 2 aromatic heterocycles. The number of aryl methyl sites for hydroxylation is 4. The monoisotopic (exact) mass is 361 g/mol. The molecule has 0 fully saturated rings. The molecule has 0 N–H and O–H groups in total. The molecule has 3 heterocycles. The van der Waals surface area contributed by atoms with Crippen LogP contribution in [0.25, 0.3) is 10.9 Å². The van der Waals surface area contributed by atoms with E-state index in [-0.39, 0.29) is 0 Å². The van der Waals surface area contributed by atoms with Crippen LogP contribution in [0.4, 0.5) is 0 Å². The van der Waals surface area contributed by atoms with Gasteiger partial charge in [0.2, 0.25) is 0 Å². The SMILES string of the molecule is CCC(C)N1CCc2c(c3cc(C)ccc3n2CCc2ccc(C)nc2)C1. The Morgan fingerprint density at radius 3 is 2.74 bits per heavy atom. The third-order valence-corrected chi connectivity index (χ3v) is 6.25. The smallest absolute Gasteiger partial charge is 0.0486 e. The van der Waals surface area contributed by atoms with Crippen LogP contribution in [0, 0.1) is 13.8 Å². The van der Waals surface area contributed by atoms with Crippen LogP contribution in [-0.4, -0.2) is 27.0 Å². The molecule has 3 nitrogen and oxygen atoms in total. The Labute approximate surface area is 163 Å². The minimum atomic E-state index is 0.653. The van der Waals surface area contributed by atoms with Gasteiger partial charge in [-0.3, -0.25) is 9.88 Å². The highest BCUT2D eigenvalue weighted by atomic mass is 15.2. The van der Waals surface area contributed by atoms with E-state index in [2.05, 4.69) is 65.6 Å². The van der Waals surface area contributed by atoms with Crippen molar-refractivity contribution in [2.75, 3.05) is 6.54 Å². The summed E-state index contributed by atoms with van der Waals surface area (Å²) >= 11 is 0. The highest BCUT2D eigenvalue weighted by molar-refractivity contribution is 5.86. The summed E-state index contributed by atoms with van der Waals surface area (Å²) < 4.78 is 2.58. The topological polar surface area (TPSA) is 21.1 Å². The van der Waals surface area contributed by atoms with Gasteiger partial charge in [0.15, 0.2) is 0 Å². The zero-order valence-electron chi connectivity index (χ0n) is 17.1. The molecule has 0 saturated heterocycles. The van der Waals surface area contributed by atoms with Gasteiger partial charge in [0, 0.05) is 60.6 Å². The van der Waals surface area contributed by atoms with E-state index in [1.54, 1.807) is 11.3 Å². The highest BCUT2D eigenvalue weighted by Gasteiger charge is 2.25. The first-order valence-electron chi connectivity index (χ1n) is 10.3.